The highest BCUT2D eigenvalue weighted by Gasteiger charge is 2.34. The van der Waals surface area contributed by atoms with Crippen molar-refractivity contribution in [2.75, 3.05) is 37.6 Å². The van der Waals surface area contributed by atoms with Crippen molar-refractivity contribution < 1.29 is 9.59 Å². The molecule has 0 spiro atoms. The van der Waals surface area contributed by atoms with Crippen LogP contribution < -0.4 is 10.5 Å². The van der Waals surface area contributed by atoms with Crippen LogP contribution in [0, 0.1) is 11.8 Å². The van der Waals surface area contributed by atoms with Crippen LogP contribution in [0.15, 0.2) is 17.1 Å². The Morgan fingerprint density at radius 2 is 1.77 bits per heavy atom. The number of hydrogen-bond donors (Lipinski definition) is 0. The van der Waals surface area contributed by atoms with E-state index in [9.17, 15) is 14.4 Å². The van der Waals surface area contributed by atoms with Crippen LogP contribution in [0.3, 0.4) is 0 Å². The first kappa shape index (κ1) is 23.3. The molecular weight excluding hydrogens is 394 g/mol. The largest absolute Gasteiger partial charge is 0.370 e. The molecule has 0 unspecified atom stereocenters. The quantitative estimate of drug-likeness (QED) is 0.687. The van der Waals surface area contributed by atoms with Gasteiger partial charge >= 0.3 is 0 Å². The summed E-state index contributed by atoms with van der Waals surface area (Å²) in [6.45, 7) is 9.78. The Morgan fingerprint density at radius 3 is 2.32 bits per heavy atom. The van der Waals surface area contributed by atoms with Crippen LogP contribution in [0.1, 0.15) is 52.9 Å². The summed E-state index contributed by atoms with van der Waals surface area (Å²) in [5, 5.41) is 4.12. The number of carbonyl (C=O) groups is 2. The Hall–Kier alpha value is -2.38. The highest BCUT2D eigenvalue weighted by atomic mass is 16.2. The second-order valence-electron chi connectivity index (χ2n) is 9.39. The molecule has 2 fully saturated rings. The number of aryl methyl sites for hydroxylation is 1. The molecule has 2 aliphatic heterocycles. The summed E-state index contributed by atoms with van der Waals surface area (Å²) >= 11 is 0. The number of amides is 2. The molecule has 3 rings (SSSR count). The third-order valence-electron chi connectivity index (χ3n) is 6.74. The number of nitrogens with zero attached hydrogens (tertiary/aromatic N) is 5. The standard InChI is InChI=1S/C23H37N5O3/c1-17(2)5-14-28(20-8-12-26(13-9-20)18(3)29)23(31)19-6-10-27(11-7-19)21-15-22(30)25(4)24-16-21/h15-17,19-20H,5-14H2,1-4H3. The van der Waals surface area contributed by atoms with Gasteiger partial charge in [0, 0.05) is 64.7 Å². The molecule has 0 radical (unpaired) electrons. The normalized spacial score (nSPS) is 18.5. The first-order chi connectivity index (χ1) is 14.8. The second-order valence-corrected chi connectivity index (χ2v) is 9.39. The Morgan fingerprint density at radius 1 is 1.13 bits per heavy atom. The SMILES string of the molecule is CC(=O)N1CCC(N(CCC(C)C)C(=O)C2CCN(c3cnn(C)c(=O)c3)CC2)CC1. The Balaban J connectivity index is 1.62. The van der Waals surface area contributed by atoms with E-state index in [4.69, 9.17) is 0 Å². The van der Waals surface area contributed by atoms with E-state index in [1.807, 2.05) is 4.90 Å². The minimum Gasteiger partial charge on any atom is -0.370 e. The zero-order valence-electron chi connectivity index (χ0n) is 19.4. The maximum absolute atomic E-state index is 13.5. The number of anilines is 1. The van der Waals surface area contributed by atoms with Crippen molar-refractivity contribution in [3.63, 3.8) is 0 Å². The molecule has 0 bridgehead atoms. The lowest BCUT2D eigenvalue weighted by molar-refractivity contribution is -0.140. The first-order valence-electron chi connectivity index (χ1n) is 11.6. The van der Waals surface area contributed by atoms with Gasteiger partial charge in [-0.25, -0.2) is 4.68 Å². The predicted octanol–water partition coefficient (Wildman–Crippen LogP) is 1.88. The van der Waals surface area contributed by atoms with Crippen LogP contribution in [0.4, 0.5) is 5.69 Å². The van der Waals surface area contributed by atoms with Gasteiger partial charge in [0.05, 0.1) is 11.9 Å². The number of carbonyl (C=O) groups excluding carboxylic acids is 2. The maximum atomic E-state index is 13.5. The minimum atomic E-state index is -0.118. The fourth-order valence-electron chi connectivity index (χ4n) is 4.61. The molecule has 0 N–H and O–H groups in total. The van der Waals surface area contributed by atoms with Crippen LogP contribution in [0.25, 0.3) is 0 Å². The summed E-state index contributed by atoms with van der Waals surface area (Å²) in [5.74, 6) is 0.955. The highest BCUT2D eigenvalue weighted by Crippen LogP contribution is 2.27. The monoisotopic (exact) mass is 431 g/mol. The Kier molecular flexibility index (Phi) is 7.73. The molecule has 8 nitrogen and oxygen atoms in total. The van der Waals surface area contributed by atoms with E-state index in [-0.39, 0.29) is 29.3 Å². The fraction of sp³-hybridized carbons (Fsp3) is 0.739. The van der Waals surface area contributed by atoms with Gasteiger partial charge in [0.2, 0.25) is 11.8 Å². The molecule has 2 saturated heterocycles. The number of likely N-dealkylation sites (tertiary alicyclic amines) is 1. The maximum Gasteiger partial charge on any atom is 0.268 e. The molecule has 1 aromatic heterocycles. The summed E-state index contributed by atoms with van der Waals surface area (Å²) in [5.41, 5.74) is 0.717. The average Bonchev–Trinajstić information content (AvgIpc) is 2.76. The van der Waals surface area contributed by atoms with Gasteiger partial charge < -0.3 is 14.7 Å². The lowest BCUT2D eigenvalue weighted by Gasteiger charge is -2.41. The molecule has 0 aromatic carbocycles. The molecule has 0 saturated carbocycles. The number of hydrogen-bond acceptors (Lipinski definition) is 5. The lowest BCUT2D eigenvalue weighted by atomic mass is 9.92. The molecule has 2 amide bonds. The van der Waals surface area contributed by atoms with Crippen molar-refractivity contribution in [2.45, 2.75) is 58.9 Å². The topological polar surface area (TPSA) is 78.8 Å². The van der Waals surface area contributed by atoms with E-state index in [1.54, 1.807) is 26.2 Å². The van der Waals surface area contributed by atoms with Gasteiger partial charge in [0.1, 0.15) is 0 Å². The van der Waals surface area contributed by atoms with Crippen molar-refractivity contribution in [1.82, 2.24) is 19.6 Å². The Bertz CT molecular complexity index is 821. The molecule has 0 atom stereocenters. The van der Waals surface area contributed by atoms with Crippen LogP contribution in [0.2, 0.25) is 0 Å². The van der Waals surface area contributed by atoms with Crippen LogP contribution >= 0.6 is 0 Å². The second kappa shape index (κ2) is 10.3. The fourth-order valence-corrected chi connectivity index (χ4v) is 4.61. The van der Waals surface area contributed by atoms with Gasteiger partial charge in [-0.15, -0.1) is 0 Å². The van der Waals surface area contributed by atoms with Crippen LogP contribution in [-0.4, -0.2) is 70.2 Å². The van der Waals surface area contributed by atoms with Crippen molar-refractivity contribution >= 4 is 17.5 Å². The third-order valence-corrected chi connectivity index (χ3v) is 6.74. The summed E-state index contributed by atoms with van der Waals surface area (Å²) in [6, 6.07) is 1.84. The summed E-state index contributed by atoms with van der Waals surface area (Å²) in [6.07, 6.45) is 6.03. The van der Waals surface area contributed by atoms with Gasteiger partial charge in [0.25, 0.3) is 5.56 Å². The van der Waals surface area contributed by atoms with Crippen LogP contribution in [-0.2, 0) is 16.6 Å². The van der Waals surface area contributed by atoms with Gasteiger partial charge in [-0.1, -0.05) is 13.8 Å². The predicted molar refractivity (Wildman–Crippen MR) is 121 cm³/mol. The van der Waals surface area contributed by atoms with E-state index >= 15 is 0 Å². The van der Waals surface area contributed by atoms with E-state index in [0.29, 0.717) is 5.92 Å². The minimum absolute atomic E-state index is 0.0220. The number of aromatic nitrogens is 2. The van der Waals surface area contributed by atoms with Gasteiger partial charge in [-0.2, -0.15) is 5.10 Å². The Labute approximate surface area is 185 Å². The van der Waals surface area contributed by atoms with Crippen molar-refractivity contribution in [3.8, 4) is 0 Å². The zero-order chi connectivity index (χ0) is 22.5. The van der Waals surface area contributed by atoms with Crippen molar-refractivity contribution in [2.24, 2.45) is 18.9 Å². The van der Waals surface area contributed by atoms with E-state index in [0.717, 1.165) is 70.5 Å². The van der Waals surface area contributed by atoms with E-state index in [1.165, 1.54) is 4.68 Å². The number of piperidine rings is 2. The van der Waals surface area contributed by atoms with Crippen LogP contribution in [0.5, 0.6) is 0 Å². The van der Waals surface area contributed by atoms with Crippen molar-refractivity contribution in [1.29, 1.82) is 0 Å². The third kappa shape index (κ3) is 5.86. The molecule has 31 heavy (non-hydrogen) atoms. The van der Waals surface area contributed by atoms with E-state index in [2.05, 4.69) is 28.7 Å². The molecule has 0 aliphatic carbocycles. The molecule has 172 valence electrons. The summed E-state index contributed by atoms with van der Waals surface area (Å²) in [4.78, 5) is 43.3. The molecule has 8 heteroatoms. The van der Waals surface area contributed by atoms with Crippen molar-refractivity contribution in [3.05, 3.63) is 22.6 Å². The summed E-state index contributed by atoms with van der Waals surface area (Å²) < 4.78 is 1.32. The molecular formula is C23H37N5O3. The first-order valence-corrected chi connectivity index (χ1v) is 11.6. The van der Waals surface area contributed by atoms with Gasteiger partial charge in [0.15, 0.2) is 0 Å². The average molecular weight is 432 g/mol. The highest BCUT2D eigenvalue weighted by molar-refractivity contribution is 5.79. The molecule has 3 heterocycles. The summed E-state index contributed by atoms with van der Waals surface area (Å²) in [7, 11) is 1.64. The lowest BCUT2D eigenvalue weighted by Crippen LogP contribution is -2.51. The van der Waals surface area contributed by atoms with Gasteiger partial charge in [-0.3, -0.25) is 14.4 Å². The van der Waals surface area contributed by atoms with E-state index < -0.39 is 0 Å². The smallest absolute Gasteiger partial charge is 0.268 e. The molecule has 2 aliphatic rings. The zero-order valence-corrected chi connectivity index (χ0v) is 19.4. The van der Waals surface area contributed by atoms with Gasteiger partial charge in [-0.05, 0) is 38.0 Å². The number of rotatable bonds is 6. The molecule has 1 aromatic rings.